The van der Waals surface area contributed by atoms with Gasteiger partial charge < -0.3 is 10.1 Å². The van der Waals surface area contributed by atoms with E-state index in [1.807, 2.05) is 0 Å². The molecule has 0 saturated carbocycles. The number of halogens is 4. The van der Waals surface area contributed by atoms with Crippen molar-refractivity contribution in [3.05, 3.63) is 57.8 Å². The van der Waals surface area contributed by atoms with E-state index in [1.54, 1.807) is 12.1 Å². The van der Waals surface area contributed by atoms with Crippen molar-refractivity contribution in [1.82, 2.24) is 0 Å². The van der Waals surface area contributed by atoms with Gasteiger partial charge in [0.25, 0.3) is 5.91 Å². The number of hydrogen-bond acceptors (Lipinski definition) is 2. The van der Waals surface area contributed by atoms with E-state index < -0.39 is 23.4 Å². The predicted octanol–water partition coefficient (Wildman–Crippen LogP) is 4.13. The van der Waals surface area contributed by atoms with Gasteiger partial charge in [-0.25, -0.2) is 13.2 Å². The van der Waals surface area contributed by atoms with Crippen LogP contribution in [-0.4, -0.2) is 13.0 Å². The number of methoxy groups -OCH3 is 1. The third-order valence-corrected chi connectivity index (χ3v) is 3.31. The van der Waals surface area contributed by atoms with Crippen LogP contribution in [-0.2, 0) is 0 Å². The topological polar surface area (TPSA) is 38.3 Å². The highest BCUT2D eigenvalue weighted by Crippen LogP contribution is 2.28. The summed E-state index contributed by atoms with van der Waals surface area (Å²) in [6.07, 6.45) is 0. The lowest BCUT2D eigenvalue weighted by molar-refractivity contribution is 0.102. The van der Waals surface area contributed by atoms with Gasteiger partial charge in [0.1, 0.15) is 5.75 Å². The minimum absolute atomic E-state index is 0.326. The zero-order chi connectivity index (χ0) is 15.6. The molecule has 0 spiro atoms. The second kappa shape index (κ2) is 6.17. The molecule has 0 fully saturated rings. The number of hydrogen-bond donors (Lipinski definition) is 1. The maximum atomic E-state index is 13.1. The minimum atomic E-state index is -1.61. The van der Waals surface area contributed by atoms with E-state index in [0.717, 1.165) is 0 Å². The molecule has 1 N–H and O–H groups in total. The van der Waals surface area contributed by atoms with Crippen molar-refractivity contribution in [3.8, 4) is 5.75 Å². The van der Waals surface area contributed by atoms with Crippen LogP contribution in [0.3, 0.4) is 0 Å². The SMILES string of the molecule is COc1cc(NC(=O)c2cc(F)c(F)c(F)c2)ccc1Br. The van der Waals surface area contributed by atoms with Crippen molar-refractivity contribution in [2.24, 2.45) is 0 Å². The number of carbonyl (C=O) groups excluding carboxylic acids is 1. The van der Waals surface area contributed by atoms with Crippen molar-refractivity contribution in [1.29, 1.82) is 0 Å². The highest BCUT2D eigenvalue weighted by atomic mass is 79.9. The Labute approximate surface area is 126 Å². The second-order valence-electron chi connectivity index (χ2n) is 4.06. The quantitative estimate of drug-likeness (QED) is 0.836. The van der Waals surface area contributed by atoms with Crippen molar-refractivity contribution in [2.45, 2.75) is 0 Å². The molecule has 2 aromatic carbocycles. The molecule has 0 heterocycles. The molecule has 0 unspecified atom stereocenters. The van der Waals surface area contributed by atoms with Crippen molar-refractivity contribution in [3.63, 3.8) is 0 Å². The van der Waals surface area contributed by atoms with Crippen LogP contribution >= 0.6 is 15.9 Å². The highest BCUT2D eigenvalue weighted by molar-refractivity contribution is 9.10. The molecule has 110 valence electrons. The van der Waals surface area contributed by atoms with Gasteiger partial charge in [-0.1, -0.05) is 0 Å². The predicted molar refractivity (Wildman–Crippen MR) is 75.0 cm³/mol. The van der Waals surface area contributed by atoms with Crippen LogP contribution in [0.5, 0.6) is 5.75 Å². The molecule has 0 atom stereocenters. The molecule has 7 heteroatoms. The number of nitrogens with one attached hydrogen (secondary N) is 1. The van der Waals surface area contributed by atoms with E-state index >= 15 is 0 Å². The maximum absolute atomic E-state index is 13.1. The number of rotatable bonds is 3. The minimum Gasteiger partial charge on any atom is -0.495 e. The number of benzene rings is 2. The lowest BCUT2D eigenvalue weighted by Crippen LogP contribution is -2.13. The van der Waals surface area contributed by atoms with Crippen LogP contribution < -0.4 is 10.1 Å². The van der Waals surface area contributed by atoms with E-state index in [0.29, 0.717) is 28.0 Å². The number of ether oxygens (including phenoxy) is 1. The molecule has 2 aromatic rings. The summed E-state index contributed by atoms with van der Waals surface area (Å²) in [5, 5.41) is 2.44. The summed E-state index contributed by atoms with van der Waals surface area (Å²) < 4.78 is 44.8. The van der Waals surface area contributed by atoms with Gasteiger partial charge in [0.15, 0.2) is 17.5 Å². The van der Waals surface area contributed by atoms with E-state index in [2.05, 4.69) is 21.2 Å². The molecule has 0 radical (unpaired) electrons. The molecule has 0 bridgehead atoms. The fourth-order valence-corrected chi connectivity index (χ4v) is 2.04. The third-order valence-electron chi connectivity index (χ3n) is 2.65. The molecule has 0 aromatic heterocycles. The fourth-order valence-electron chi connectivity index (χ4n) is 1.63. The molecule has 0 aliphatic carbocycles. The van der Waals surface area contributed by atoms with Crippen molar-refractivity contribution < 1.29 is 22.7 Å². The van der Waals surface area contributed by atoms with Crippen LogP contribution in [0, 0.1) is 17.5 Å². The van der Waals surface area contributed by atoms with Crippen LogP contribution in [0.1, 0.15) is 10.4 Å². The maximum Gasteiger partial charge on any atom is 0.255 e. The first-order chi connectivity index (χ1) is 9.92. The molecule has 21 heavy (non-hydrogen) atoms. The van der Waals surface area contributed by atoms with Crippen molar-refractivity contribution >= 4 is 27.5 Å². The molecule has 0 aliphatic heterocycles. The van der Waals surface area contributed by atoms with Gasteiger partial charge in [0, 0.05) is 17.3 Å². The Hall–Kier alpha value is -2.02. The monoisotopic (exact) mass is 359 g/mol. The third kappa shape index (κ3) is 3.36. The Morgan fingerprint density at radius 3 is 2.33 bits per heavy atom. The van der Waals surface area contributed by atoms with Gasteiger partial charge in [0.05, 0.1) is 11.6 Å². The molecule has 3 nitrogen and oxygen atoms in total. The second-order valence-corrected chi connectivity index (χ2v) is 4.91. The van der Waals surface area contributed by atoms with Crippen LogP contribution in [0.2, 0.25) is 0 Å². The first-order valence-electron chi connectivity index (χ1n) is 5.72. The lowest BCUT2D eigenvalue weighted by atomic mass is 10.2. The summed E-state index contributed by atoms with van der Waals surface area (Å²) in [4.78, 5) is 11.9. The van der Waals surface area contributed by atoms with Crippen LogP contribution in [0.15, 0.2) is 34.8 Å². The Morgan fingerprint density at radius 2 is 1.76 bits per heavy atom. The molecule has 1 amide bonds. The van der Waals surface area contributed by atoms with Gasteiger partial charge in [-0.15, -0.1) is 0 Å². The first kappa shape index (κ1) is 15.4. The molecule has 0 aliphatic rings. The van der Waals surface area contributed by atoms with E-state index in [-0.39, 0.29) is 5.56 Å². The molecule has 2 rings (SSSR count). The van der Waals surface area contributed by atoms with Gasteiger partial charge in [-0.3, -0.25) is 4.79 Å². The lowest BCUT2D eigenvalue weighted by Gasteiger charge is -2.09. The summed E-state index contributed by atoms with van der Waals surface area (Å²) >= 11 is 3.25. The summed E-state index contributed by atoms with van der Waals surface area (Å²) in [5.41, 5.74) is 0.0403. The normalized spacial score (nSPS) is 10.3. The average Bonchev–Trinajstić information content (AvgIpc) is 2.46. The standard InChI is InChI=1S/C14H9BrF3NO2/c1-21-12-6-8(2-3-9(12)15)19-14(20)7-4-10(16)13(18)11(17)5-7/h2-6H,1H3,(H,19,20). The Morgan fingerprint density at radius 1 is 1.14 bits per heavy atom. The number of amides is 1. The largest absolute Gasteiger partial charge is 0.495 e. The summed E-state index contributed by atoms with van der Waals surface area (Å²) in [5.74, 6) is -4.75. The Balaban J connectivity index is 2.26. The number of anilines is 1. The van der Waals surface area contributed by atoms with E-state index in [9.17, 15) is 18.0 Å². The zero-order valence-electron chi connectivity index (χ0n) is 10.7. The van der Waals surface area contributed by atoms with Gasteiger partial charge >= 0.3 is 0 Å². The summed E-state index contributed by atoms with van der Waals surface area (Å²) in [7, 11) is 1.45. The summed E-state index contributed by atoms with van der Waals surface area (Å²) in [6, 6.07) is 5.99. The molecular weight excluding hydrogens is 351 g/mol. The summed E-state index contributed by atoms with van der Waals surface area (Å²) in [6.45, 7) is 0. The molecule has 0 saturated heterocycles. The van der Waals surface area contributed by atoms with Crippen molar-refractivity contribution in [2.75, 3.05) is 12.4 Å². The van der Waals surface area contributed by atoms with E-state index in [1.165, 1.54) is 13.2 Å². The zero-order valence-corrected chi connectivity index (χ0v) is 12.3. The van der Waals surface area contributed by atoms with E-state index in [4.69, 9.17) is 4.74 Å². The van der Waals surface area contributed by atoms with Gasteiger partial charge in [-0.05, 0) is 40.2 Å². The van der Waals surface area contributed by atoms with Crippen LogP contribution in [0.4, 0.5) is 18.9 Å². The highest BCUT2D eigenvalue weighted by Gasteiger charge is 2.15. The molecular formula is C14H9BrF3NO2. The Kier molecular flexibility index (Phi) is 4.52. The average molecular weight is 360 g/mol. The van der Waals surface area contributed by atoms with Gasteiger partial charge in [-0.2, -0.15) is 0 Å². The fraction of sp³-hybridized carbons (Fsp3) is 0.0714. The number of carbonyl (C=O) groups is 1. The smallest absolute Gasteiger partial charge is 0.255 e. The van der Waals surface area contributed by atoms with Gasteiger partial charge in [0.2, 0.25) is 0 Å². The first-order valence-corrected chi connectivity index (χ1v) is 6.51. The van der Waals surface area contributed by atoms with Crippen LogP contribution in [0.25, 0.3) is 0 Å². The Bertz CT molecular complexity index is 684.